The van der Waals surface area contributed by atoms with Crippen LogP contribution in [-0.2, 0) is 11.4 Å². The van der Waals surface area contributed by atoms with Crippen LogP contribution in [0, 0.1) is 0 Å². The average molecular weight is 329 g/mol. The lowest BCUT2D eigenvalue weighted by Gasteiger charge is -2.12. The van der Waals surface area contributed by atoms with Crippen molar-refractivity contribution in [2.24, 2.45) is 0 Å². The van der Waals surface area contributed by atoms with Gasteiger partial charge in [-0.25, -0.2) is 9.97 Å². The molecule has 2 aromatic carbocycles. The predicted octanol–water partition coefficient (Wildman–Crippen LogP) is 3.79. The van der Waals surface area contributed by atoms with Crippen LogP contribution in [-0.4, -0.2) is 15.9 Å². The van der Waals surface area contributed by atoms with Gasteiger partial charge < -0.3 is 9.47 Å². The van der Waals surface area contributed by atoms with Crippen LogP contribution in [0.1, 0.15) is 12.5 Å². The van der Waals surface area contributed by atoms with E-state index >= 15 is 0 Å². The van der Waals surface area contributed by atoms with Gasteiger partial charge in [-0.2, -0.15) is 0 Å². The molecule has 1 heterocycles. The molecule has 0 amide bonds. The van der Waals surface area contributed by atoms with Gasteiger partial charge in [-0.05, 0) is 11.6 Å². The minimum Gasteiger partial charge on any atom is -0.485 e. The second-order valence-corrected chi connectivity index (χ2v) is 5.21. The molecule has 0 unspecified atom stereocenters. The summed E-state index contributed by atoms with van der Waals surface area (Å²) in [6, 6.07) is 13.0. The molecule has 0 atom stereocenters. The first-order chi connectivity index (χ1) is 11.1. The Balaban J connectivity index is 1.97. The number of carbonyl (C=O) groups is 1. The van der Waals surface area contributed by atoms with E-state index in [1.54, 1.807) is 12.1 Å². The molecule has 0 aliphatic carbocycles. The normalized spacial score (nSPS) is 10.5. The van der Waals surface area contributed by atoms with Gasteiger partial charge in [0.05, 0.1) is 5.52 Å². The van der Waals surface area contributed by atoms with E-state index in [9.17, 15) is 4.79 Å². The molecule has 0 saturated heterocycles. The second-order valence-electron chi connectivity index (χ2n) is 4.85. The molecule has 116 valence electrons. The van der Waals surface area contributed by atoms with Crippen molar-refractivity contribution in [2.45, 2.75) is 13.5 Å². The van der Waals surface area contributed by atoms with Gasteiger partial charge in [0.1, 0.15) is 18.1 Å². The summed E-state index contributed by atoms with van der Waals surface area (Å²) in [6.45, 7) is 1.67. The second kappa shape index (κ2) is 6.62. The Labute approximate surface area is 137 Å². The maximum atomic E-state index is 11.3. The minimum atomic E-state index is -0.443. The van der Waals surface area contributed by atoms with E-state index in [-0.39, 0.29) is 10.9 Å². The third kappa shape index (κ3) is 3.57. The number of nitrogens with zero attached hydrogens (tertiary/aromatic N) is 2. The summed E-state index contributed by atoms with van der Waals surface area (Å²) in [5.74, 6) is 0.269. The fourth-order valence-corrected chi connectivity index (χ4v) is 2.31. The molecule has 0 bridgehead atoms. The molecular weight excluding hydrogens is 316 g/mol. The van der Waals surface area contributed by atoms with E-state index < -0.39 is 5.97 Å². The Morgan fingerprint density at radius 1 is 1.13 bits per heavy atom. The molecule has 3 rings (SSSR count). The molecule has 0 radical (unpaired) electrons. The topological polar surface area (TPSA) is 61.3 Å². The molecule has 0 fully saturated rings. The lowest BCUT2D eigenvalue weighted by atomic mass is 10.2. The fourth-order valence-electron chi connectivity index (χ4n) is 2.12. The van der Waals surface area contributed by atoms with Crippen molar-refractivity contribution in [3.05, 3.63) is 59.5 Å². The van der Waals surface area contributed by atoms with Gasteiger partial charge in [-0.1, -0.05) is 41.9 Å². The van der Waals surface area contributed by atoms with Crippen LogP contribution in [0.25, 0.3) is 10.9 Å². The third-order valence-electron chi connectivity index (χ3n) is 3.14. The summed E-state index contributed by atoms with van der Waals surface area (Å²) in [4.78, 5) is 19.4. The SMILES string of the molecule is CC(=O)Oc1cc2c(Cl)ncnc2cc1OCc1ccccc1. The van der Waals surface area contributed by atoms with E-state index in [4.69, 9.17) is 21.1 Å². The molecule has 0 aliphatic heterocycles. The number of ether oxygens (including phenoxy) is 2. The molecule has 1 aromatic heterocycles. The number of rotatable bonds is 4. The number of benzene rings is 2. The van der Waals surface area contributed by atoms with Crippen molar-refractivity contribution >= 4 is 28.5 Å². The van der Waals surface area contributed by atoms with Gasteiger partial charge in [-0.3, -0.25) is 4.79 Å². The molecule has 0 aliphatic rings. The summed E-state index contributed by atoms with van der Waals surface area (Å²) in [7, 11) is 0. The number of aromatic nitrogens is 2. The molecule has 3 aromatic rings. The highest BCUT2D eigenvalue weighted by atomic mass is 35.5. The fraction of sp³-hybridized carbons (Fsp3) is 0.118. The molecule has 0 spiro atoms. The van der Waals surface area contributed by atoms with Crippen molar-refractivity contribution < 1.29 is 14.3 Å². The lowest BCUT2D eigenvalue weighted by Crippen LogP contribution is -2.05. The van der Waals surface area contributed by atoms with Gasteiger partial charge in [0, 0.05) is 18.4 Å². The molecule has 0 saturated carbocycles. The van der Waals surface area contributed by atoms with E-state index in [0.29, 0.717) is 23.3 Å². The number of fused-ring (bicyclic) bond motifs is 1. The number of carbonyl (C=O) groups excluding carboxylic acids is 1. The van der Waals surface area contributed by atoms with Crippen LogP contribution in [0.3, 0.4) is 0 Å². The Bertz CT molecular complexity index is 853. The Morgan fingerprint density at radius 3 is 2.65 bits per heavy atom. The highest BCUT2D eigenvalue weighted by molar-refractivity contribution is 6.34. The van der Waals surface area contributed by atoms with Crippen molar-refractivity contribution in [1.29, 1.82) is 0 Å². The predicted molar refractivity (Wildman–Crippen MR) is 86.6 cm³/mol. The number of hydrogen-bond acceptors (Lipinski definition) is 5. The van der Waals surface area contributed by atoms with Gasteiger partial charge in [-0.15, -0.1) is 0 Å². The smallest absolute Gasteiger partial charge is 0.308 e. The van der Waals surface area contributed by atoms with E-state index in [1.807, 2.05) is 30.3 Å². The summed E-state index contributed by atoms with van der Waals surface area (Å²) in [6.07, 6.45) is 1.37. The van der Waals surface area contributed by atoms with Gasteiger partial charge in [0.15, 0.2) is 11.5 Å². The Kier molecular flexibility index (Phi) is 4.39. The van der Waals surface area contributed by atoms with Crippen molar-refractivity contribution in [3.63, 3.8) is 0 Å². The van der Waals surface area contributed by atoms with Crippen LogP contribution >= 0.6 is 11.6 Å². The molecule has 23 heavy (non-hydrogen) atoms. The summed E-state index contributed by atoms with van der Waals surface area (Å²) >= 11 is 6.06. The maximum absolute atomic E-state index is 11.3. The zero-order chi connectivity index (χ0) is 16.2. The van der Waals surface area contributed by atoms with Crippen molar-refractivity contribution in [1.82, 2.24) is 9.97 Å². The van der Waals surface area contributed by atoms with Crippen LogP contribution in [0.5, 0.6) is 11.5 Å². The lowest BCUT2D eigenvalue weighted by molar-refractivity contribution is -0.132. The zero-order valence-electron chi connectivity index (χ0n) is 12.3. The van der Waals surface area contributed by atoms with E-state index in [2.05, 4.69) is 9.97 Å². The number of halogens is 1. The Morgan fingerprint density at radius 2 is 1.91 bits per heavy atom. The van der Waals surface area contributed by atoms with Crippen molar-refractivity contribution in [2.75, 3.05) is 0 Å². The highest BCUT2D eigenvalue weighted by Gasteiger charge is 2.13. The Hall–Kier alpha value is -2.66. The first-order valence-electron chi connectivity index (χ1n) is 6.93. The highest BCUT2D eigenvalue weighted by Crippen LogP contribution is 2.34. The molecular formula is C17H13ClN2O3. The first kappa shape index (κ1) is 15.2. The van der Waals surface area contributed by atoms with Gasteiger partial charge >= 0.3 is 5.97 Å². The number of hydrogen-bond donors (Lipinski definition) is 0. The molecule has 0 N–H and O–H groups in total. The number of esters is 1. The monoisotopic (exact) mass is 328 g/mol. The largest absolute Gasteiger partial charge is 0.485 e. The summed E-state index contributed by atoms with van der Waals surface area (Å²) in [5, 5.41) is 0.885. The molecule has 5 nitrogen and oxygen atoms in total. The first-order valence-corrected chi connectivity index (χ1v) is 7.30. The summed E-state index contributed by atoms with van der Waals surface area (Å²) in [5.41, 5.74) is 1.62. The quantitative estimate of drug-likeness (QED) is 0.414. The van der Waals surface area contributed by atoms with E-state index in [1.165, 1.54) is 13.3 Å². The van der Waals surface area contributed by atoms with Crippen LogP contribution in [0.15, 0.2) is 48.8 Å². The average Bonchev–Trinajstić information content (AvgIpc) is 2.54. The van der Waals surface area contributed by atoms with Crippen molar-refractivity contribution in [3.8, 4) is 11.5 Å². The van der Waals surface area contributed by atoms with Crippen LogP contribution in [0.2, 0.25) is 5.15 Å². The summed E-state index contributed by atoms with van der Waals surface area (Å²) < 4.78 is 11.0. The third-order valence-corrected chi connectivity index (χ3v) is 3.44. The van der Waals surface area contributed by atoms with Crippen LogP contribution in [0.4, 0.5) is 0 Å². The zero-order valence-corrected chi connectivity index (χ0v) is 13.1. The van der Waals surface area contributed by atoms with Crippen LogP contribution < -0.4 is 9.47 Å². The van der Waals surface area contributed by atoms with Gasteiger partial charge in [0.2, 0.25) is 0 Å². The minimum absolute atomic E-state index is 0.289. The standard InChI is InChI=1S/C17H13ClN2O3/c1-11(21)23-16-7-13-14(19-10-20-17(13)18)8-15(16)22-9-12-5-3-2-4-6-12/h2-8,10H,9H2,1H3. The molecule has 6 heteroatoms. The van der Waals surface area contributed by atoms with Gasteiger partial charge in [0.25, 0.3) is 0 Å². The maximum Gasteiger partial charge on any atom is 0.308 e. The van der Waals surface area contributed by atoms with E-state index in [0.717, 1.165) is 5.56 Å².